The predicted molar refractivity (Wildman–Crippen MR) is 116 cm³/mol. The summed E-state index contributed by atoms with van der Waals surface area (Å²) in [6.07, 6.45) is 1.29. The molecule has 0 spiro atoms. The highest BCUT2D eigenvalue weighted by atomic mass is 19.1. The number of hydrogen-bond acceptors (Lipinski definition) is 3. The molecule has 0 saturated carbocycles. The largest absolute Gasteiger partial charge is 0.484 e. The number of nitrogens with zero attached hydrogens (tertiary/aromatic N) is 1. The van der Waals surface area contributed by atoms with Gasteiger partial charge in [0.05, 0.1) is 0 Å². The molecular formula is C24H31FN2O3. The van der Waals surface area contributed by atoms with E-state index in [9.17, 15) is 14.0 Å². The van der Waals surface area contributed by atoms with Crippen molar-refractivity contribution in [3.05, 3.63) is 65.5 Å². The van der Waals surface area contributed by atoms with Crippen molar-refractivity contribution in [3.8, 4) is 5.75 Å². The average Bonchev–Trinajstić information content (AvgIpc) is 2.72. The van der Waals surface area contributed by atoms with Gasteiger partial charge < -0.3 is 15.0 Å². The molecule has 2 aromatic carbocycles. The van der Waals surface area contributed by atoms with E-state index in [-0.39, 0.29) is 30.3 Å². The van der Waals surface area contributed by atoms with E-state index in [4.69, 9.17) is 4.74 Å². The summed E-state index contributed by atoms with van der Waals surface area (Å²) in [6.45, 7) is 7.88. The van der Waals surface area contributed by atoms with E-state index >= 15 is 0 Å². The molecule has 0 fully saturated rings. The lowest BCUT2D eigenvalue weighted by Crippen LogP contribution is -2.51. The molecule has 30 heavy (non-hydrogen) atoms. The van der Waals surface area contributed by atoms with Gasteiger partial charge in [0, 0.05) is 12.6 Å². The standard InChI is InChI=1S/C24H31FN2O3/c1-5-18(4)26-24(29)22(6-2)27(15-19-9-7-8-17(3)14-19)23(28)16-30-21-12-10-20(25)11-13-21/h7-14,18,22H,5-6,15-16H2,1-4H3,(H,26,29)/t18-,22+/m1/s1. The van der Waals surface area contributed by atoms with E-state index in [1.807, 2.05) is 52.0 Å². The van der Waals surface area contributed by atoms with Crippen molar-refractivity contribution in [2.45, 2.75) is 59.2 Å². The van der Waals surface area contributed by atoms with Crippen LogP contribution < -0.4 is 10.1 Å². The average molecular weight is 415 g/mol. The van der Waals surface area contributed by atoms with E-state index in [0.717, 1.165) is 17.5 Å². The van der Waals surface area contributed by atoms with Gasteiger partial charge in [-0.25, -0.2) is 4.39 Å². The number of ether oxygens (including phenoxy) is 1. The van der Waals surface area contributed by atoms with Gasteiger partial charge in [-0.05, 0) is 56.5 Å². The molecule has 2 atom stereocenters. The van der Waals surface area contributed by atoms with Crippen molar-refractivity contribution < 1.29 is 18.7 Å². The Morgan fingerprint density at radius 2 is 1.80 bits per heavy atom. The first-order chi connectivity index (χ1) is 14.3. The second-order valence-electron chi connectivity index (χ2n) is 7.50. The highest BCUT2D eigenvalue weighted by molar-refractivity contribution is 5.88. The third kappa shape index (κ3) is 6.87. The molecule has 1 N–H and O–H groups in total. The Morgan fingerprint density at radius 3 is 2.40 bits per heavy atom. The summed E-state index contributed by atoms with van der Waals surface area (Å²) in [5, 5.41) is 2.98. The fraction of sp³-hybridized carbons (Fsp3) is 0.417. The zero-order valence-corrected chi connectivity index (χ0v) is 18.2. The zero-order chi connectivity index (χ0) is 22.1. The highest BCUT2D eigenvalue weighted by Gasteiger charge is 2.29. The predicted octanol–water partition coefficient (Wildman–Crippen LogP) is 4.24. The van der Waals surface area contributed by atoms with Crippen LogP contribution in [0.2, 0.25) is 0 Å². The van der Waals surface area contributed by atoms with Crippen molar-refractivity contribution >= 4 is 11.8 Å². The van der Waals surface area contributed by atoms with Crippen LogP contribution in [0, 0.1) is 12.7 Å². The van der Waals surface area contributed by atoms with E-state index in [0.29, 0.717) is 18.7 Å². The van der Waals surface area contributed by atoms with Gasteiger partial charge in [-0.2, -0.15) is 0 Å². The molecule has 2 rings (SSSR count). The van der Waals surface area contributed by atoms with Crippen molar-refractivity contribution in [1.29, 1.82) is 0 Å². The number of carbonyl (C=O) groups excluding carboxylic acids is 2. The lowest BCUT2D eigenvalue weighted by atomic mass is 10.1. The van der Waals surface area contributed by atoms with Crippen molar-refractivity contribution in [3.63, 3.8) is 0 Å². The lowest BCUT2D eigenvalue weighted by molar-refractivity contribution is -0.143. The highest BCUT2D eigenvalue weighted by Crippen LogP contribution is 2.16. The fourth-order valence-corrected chi connectivity index (χ4v) is 3.13. The van der Waals surface area contributed by atoms with Gasteiger partial charge in [0.25, 0.3) is 5.91 Å². The number of halogens is 1. The quantitative estimate of drug-likeness (QED) is 0.633. The van der Waals surface area contributed by atoms with Crippen LogP contribution in [0.1, 0.15) is 44.7 Å². The van der Waals surface area contributed by atoms with Crippen LogP contribution in [0.5, 0.6) is 5.75 Å². The number of rotatable bonds is 10. The lowest BCUT2D eigenvalue weighted by Gasteiger charge is -2.31. The first-order valence-corrected chi connectivity index (χ1v) is 10.4. The summed E-state index contributed by atoms with van der Waals surface area (Å²) in [4.78, 5) is 27.5. The summed E-state index contributed by atoms with van der Waals surface area (Å²) in [6, 6.07) is 12.8. The minimum Gasteiger partial charge on any atom is -0.484 e. The van der Waals surface area contributed by atoms with Crippen LogP contribution in [0.3, 0.4) is 0 Å². The van der Waals surface area contributed by atoms with Crippen molar-refractivity contribution in [2.24, 2.45) is 0 Å². The third-order valence-electron chi connectivity index (χ3n) is 5.00. The topological polar surface area (TPSA) is 58.6 Å². The Bertz CT molecular complexity index is 839. The van der Waals surface area contributed by atoms with Gasteiger partial charge in [0.1, 0.15) is 17.6 Å². The summed E-state index contributed by atoms with van der Waals surface area (Å²) in [7, 11) is 0. The Morgan fingerprint density at radius 1 is 1.10 bits per heavy atom. The van der Waals surface area contributed by atoms with E-state index in [1.165, 1.54) is 24.3 Å². The molecule has 6 heteroatoms. The molecule has 2 aromatic rings. The van der Waals surface area contributed by atoms with Crippen LogP contribution in [0.4, 0.5) is 4.39 Å². The number of nitrogens with one attached hydrogen (secondary N) is 1. The molecular weight excluding hydrogens is 383 g/mol. The van der Waals surface area contributed by atoms with Gasteiger partial charge in [0.15, 0.2) is 6.61 Å². The minimum absolute atomic E-state index is 0.0259. The Hall–Kier alpha value is -2.89. The molecule has 0 aliphatic heterocycles. The zero-order valence-electron chi connectivity index (χ0n) is 18.2. The Kier molecular flexibility index (Phi) is 8.84. The van der Waals surface area contributed by atoms with Gasteiger partial charge in [-0.15, -0.1) is 0 Å². The molecule has 0 unspecified atom stereocenters. The Balaban J connectivity index is 2.20. The first kappa shape index (κ1) is 23.4. The maximum Gasteiger partial charge on any atom is 0.261 e. The summed E-state index contributed by atoms with van der Waals surface area (Å²) in [5.41, 5.74) is 2.03. The molecule has 0 aromatic heterocycles. The maximum absolute atomic E-state index is 13.1. The van der Waals surface area contributed by atoms with Crippen molar-refractivity contribution in [1.82, 2.24) is 10.2 Å². The first-order valence-electron chi connectivity index (χ1n) is 10.4. The molecule has 0 aliphatic rings. The molecule has 162 valence electrons. The summed E-state index contributed by atoms with van der Waals surface area (Å²) < 4.78 is 18.6. The second kappa shape index (κ2) is 11.3. The molecule has 0 radical (unpaired) electrons. The number of amides is 2. The van der Waals surface area contributed by atoms with Crippen LogP contribution in [0.15, 0.2) is 48.5 Å². The summed E-state index contributed by atoms with van der Waals surface area (Å²) >= 11 is 0. The second-order valence-corrected chi connectivity index (χ2v) is 7.50. The molecule has 5 nitrogen and oxygen atoms in total. The smallest absolute Gasteiger partial charge is 0.261 e. The third-order valence-corrected chi connectivity index (χ3v) is 5.00. The number of carbonyl (C=O) groups is 2. The summed E-state index contributed by atoms with van der Waals surface area (Å²) in [5.74, 6) is -0.443. The van der Waals surface area contributed by atoms with Gasteiger partial charge >= 0.3 is 0 Å². The fourth-order valence-electron chi connectivity index (χ4n) is 3.13. The van der Waals surface area contributed by atoms with Crippen LogP contribution in [-0.4, -0.2) is 35.4 Å². The molecule has 0 heterocycles. The van der Waals surface area contributed by atoms with Crippen LogP contribution in [-0.2, 0) is 16.1 Å². The van der Waals surface area contributed by atoms with Gasteiger partial charge in [-0.1, -0.05) is 43.7 Å². The SMILES string of the molecule is CC[C@@H](C)NC(=O)[C@H](CC)N(Cc1cccc(C)c1)C(=O)COc1ccc(F)cc1. The molecule has 0 saturated heterocycles. The molecule has 0 aliphatic carbocycles. The maximum atomic E-state index is 13.1. The minimum atomic E-state index is -0.608. The number of aryl methyl sites for hydroxylation is 1. The van der Waals surface area contributed by atoms with E-state index < -0.39 is 6.04 Å². The van der Waals surface area contributed by atoms with Crippen LogP contribution in [0.25, 0.3) is 0 Å². The van der Waals surface area contributed by atoms with Gasteiger partial charge in [-0.3, -0.25) is 9.59 Å². The Labute approximate surface area is 178 Å². The normalized spacial score (nSPS) is 12.7. The number of benzene rings is 2. The molecule has 2 amide bonds. The monoisotopic (exact) mass is 414 g/mol. The van der Waals surface area contributed by atoms with E-state index in [1.54, 1.807) is 4.90 Å². The van der Waals surface area contributed by atoms with Crippen LogP contribution >= 0.6 is 0 Å². The van der Waals surface area contributed by atoms with Gasteiger partial charge in [0.2, 0.25) is 5.91 Å². The molecule has 0 bridgehead atoms. The number of hydrogen-bond donors (Lipinski definition) is 1. The van der Waals surface area contributed by atoms with Crippen molar-refractivity contribution in [2.75, 3.05) is 6.61 Å². The van der Waals surface area contributed by atoms with E-state index in [2.05, 4.69) is 5.32 Å².